The maximum Gasteiger partial charge on any atom is 0.000409 e. The van der Waals surface area contributed by atoms with E-state index in [0.29, 0.717) is 0 Å². The van der Waals surface area contributed by atoms with E-state index in [-0.39, 0.29) is 0 Å². The highest BCUT2D eigenvalue weighted by atomic mass is 15.1. The molecule has 2 heteroatoms. The third-order valence-electron chi connectivity index (χ3n) is 2.20. The van der Waals surface area contributed by atoms with Gasteiger partial charge in [-0.3, -0.25) is 0 Å². The molecular formula is C11H26N2. The van der Waals surface area contributed by atoms with Crippen molar-refractivity contribution in [2.45, 2.75) is 33.6 Å². The van der Waals surface area contributed by atoms with Crippen LogP contribution in [0.2, 0.25) is 0 Å². The highest BCUT2D eigenvalue weighted by Gasteiger charge is 2.06. The molecule has 0 bridgehead atoms. The summed E-state index contributed by atoms with van der Waals surface area (Å²) < 4.78 is 0. The van der Waals surface area contributed by atoms with Gasteiger partial charge in [-0.05, 0) is 38.3 Å². The van der Waals surface area contributed by atoms with Crippen LogP contribution in [0.1, 0.15) is 33.6 Å². The van der Waals surface area contributed by atoms with Crippen LogP contribution in [0.15, 0.2) is 0 Å². The van der Waals surface area contributed by atoms with Crippen LogP contribution in [0.5, 0.6) is 0 Å². The fourth-order valence-electron chi connectivity index (χ4n) is 1.79. The van der Waals surface area contributed by atoms with Gasteiger partial charge in [-0.1, -0.05) is 20.8 Å². The highest BCUT2D eigenvalue weighted by Crippen LogP contribution is 2.07. The average molecular weight is 186 g/mol. The number of nitrogens with zero attached hydrogens (tertiary/aromatic N) is 1. The van der Waals surface area contributed by atoms with Gasteiger partial charge >= 0.3 is 0 Å². The lowest BCUT2D eigenvalue weighted by molar-refractivity contribution is 0.250. The summed E-state index contributed by atoms with van der Waals surface area (Å²) in [5, 5.41) is 0. The van der Waals surface area contributed by atoms with E-state index in [1.165, 1.54) is 19.5 Å². The van der Waals surface area contributed by atoms with Crippen molar-refractivity contribution in [1.82, 2.24) is 4.90 Å². The minimum atomic E-state index is 0.770. The SMILES string of the molecule is CC(C)CN(C)CC(C)CCCN. The Morgan fingerprint density at radius 2 is 1.77 bits per heavy atom. The van der Waals surface area contributed by atoms with Gasteiger partial charge < -0.3 is 10.6 Å². The van der Waals surface area contributed by atoms with Gasteiger partial charge in [-0.25, -0.2) is 0 Å². The number of hydrogen-bond donors (Lipinski definition) is 1. The standard InChI is InChI=1S/C11H26N2/c1-10(2)8-13(4)9-11(3)6-5-7-12/h10-11H,5-9,12H2,1-4H3. The number of rotatable bonds is 7. The zero-order valence-electron chi connectivity index (χ0n) is 9.71. The Bertz CT molecular complexity index is 113. The van der Waals surface area contributed by atoms with E-state index in [1.54, 1.807) is 0 Å². The summed E-state index contributed by atoms with van der Waals surface area (Å²) >= 11 is 0. The molecule has 0 saturated carbocycles. The summed E-state index contributed by atoms with van der Waals surface area (Å²) in [5.41, 5.74) is 5.47. The minimum Gasteiger partial charge on any atom is -0.330 e. The van der Waals surface area contributed by atoms with Crippen molar-refractivity contribution >= 4 is 0 Å². The first-order valence-corrected chi connectivity index (χ1v) is 5.44. The van der Waals surface area contributed by atoms with Crippen molar-refractivity contribution < 1.29 is 0 Å². The average Bonchev–Trinajstić information content (AvgIpc) is 1.98. The molecule has 80 valence electrons. The molecule has 0 aliphatic heterocycles. The van der Waals surface area contributed by atoms with Crippen LogP contribution in [-0.4, -0.2) is 31.6 Å². The van der Waals surface area contributed by atoms with E-state index in [2.05, 4.69) is 32.7 Å². The largest absolute Gasteiger partial charge is 0.330 e. The Hall–Kier alpha value is -0.0800. The molecule has 0 aromatic heterocycles. The molecule has 0 amide bonds. The first-order valence-electron chi connectivity index (χ1n) is 5.44. The van der Waals surface area contributed by atoms with Crippen molar-refractivity contribution in [3.8, 4) is 0 Å². The smallest absolute Gasteiger partial charge is 0.000409 e. The summed E-state index contributed by atoms with van der Waals surface area (Å²) in [4.78, 5) is 2.42. The maximum absolute atomic E-state index is 5.47. The van der Waals surface area contributed by atoms with Gasteiger partial charge in [0.1, 0.15) is 0 Å². The quantitative estimate of drug-likeness (QED) is 0.658. The molecule has 1 unspecified atom stereocenters. The molecule has 0 aromatic carbocycles. The third-order valence-corrected chi connectivity index (χ3v) is 2.20. The molecule has 0 heterocycles. The van der Waals surface area contributed by atoms with Crippen molar-refractivity contribution in [2.24, 2.45) is 17.6 Å². The third kappa shape index (κ3) is 8.26. The van der Waals surface area contributed by atoms with E-state index in [1.807, 2.05) is 0 Å². The molecule has 0 fully saturated rings. The Morgan fingerprint density at radius 1 is 1.15 bits per heavy atom. The van der Waals surface area contributed by atoms with Gasteiger partial charge in [-0.2, -0.15) is 0 Å². The van der Waals surface area contributed by atoms with Crippen molar-refractivity contribution in [3.63, 3.8) is 0 Å². The summed E-state index contributed by atoms with van der Waals surface area (Å²) in [6.45, 7) is 10.1. The van der Waals surface area contributed by atoms with E-state index in [4.69, 9.17) is 5.73 Å². The second-order valence-electron chi connectivity index (χ2n) is 4.65. The molecule has 0 aromatic rings. The Kier molecular flexibility index (Phi) is 7.29. The lowest BCUT2D eigenvalue weighted by atomic mass is 10.0. The lowest BCUT2D eigenvalue weighted by Gasteiger charge is -2.22. The lowest BCUT2D eigenvalue weighted by Crippen LogP contribution is -2.28. The molecule has 2 N–H and O–H groups in total. The van der Waals surface area contributed by atoms with Crippen LogP contribution < -0.4 is 5.73 Å². The van der Waals surface area contributed by atoms with Crippen LogP contribution in [0.3, 0.4) is 0 Å². The summed E-state index contributed by atoms with van der Waals surface area (Å²) in [6.07, 6.45) is 2.43. The molecule has 0 aliphatic carbocycles. The second kappa shape index (κ2) is 7.34. The van der Waals surface area contributed by atoms with Gasteiger partial charge in [0, 0.05) is 13.1 Å². The van der Waals surface area contributed by atoms with Crippen molar-refractivity contribution in [3.05, 3.63) is 0 Å². The molecule has 2 nitrogen and oxygen atoms in total. The fourth-order valence-corrected chi connectivity index (χ4v) is 1.79. The van der Waals surface area contributed by atoms with Gasteiger partial charge in [0.25, 0.3) is 0 Å². The summed E-state index contributed by atoms with van der Waals surface area (Å²) in [7, 11) is 2.21. The maximum atomic E-state index is 5.47. The summed E-state index contributed by atoms with van der Waals surface area (Å²) in [5.74, 6) is 1.55. The van der Waals surface area contributed by atoms with Gasteiger partial charge in [0.2, 0.25) is 0 Å². The fraction of sp³-hybridized carbons (Fsp3) is 1.00. The number of hydrogen-bond acceptors (Lipinski definition) is 2. The molecule has 1 atom stereocenters. The van der Waals surface area contributed by atoms with E-state index in [9.17, 15) is 0 Å². The van der Waals surface area contributed by atoms with Crippen LogP contribution in [0.25, 0.3) is 0 Å². The predicted molar refractivity (Wildman–Crippen MR) is 59.8 cm³/mol. The Morgan fingerprint density at radius 3 is 2.23 bits per heavy atom. The summed E-state index contributed by atoms with van der Waals surface area (Å²) in [6, 6.07) is 0. The molecule has 0 saturated heterocycles. The van der Waals surface area contributed by atoms with Gasteiger partial charge in [0.05, 0.1) is 0 Å². The van der Waals surface area contributed by atoms with Crippen LogP contribution in [0, 0.1) is 11.8 Å². The first kappa shape index (κ1) is 12.9. The van der Waals surface area contributed by atoms with Crippen LogP contribution in [0.4, 0.5) is 0 Å². The molecular weight excluding hydrogens is 160 g/mol. The Labute approximate surface area is 83.5 Å². The monoisotopic (exact) mass is 186 g/mol. The zero-order chi connectivity index (χ0) is 10.3. The molecule has 13 heavy (non-hydrogen) atoms. The highest BCUT2D eigenvalue weighted by molar-refractivity contribution is 4.61. The minimum absolute atomic E-state index is 0.770. The van der Waals surface area contributed by atoms with Crippen LogP contribution in [-0.2, 0) is 0 Å². The Balaban J connectivity index is 3.46. The molecule has 0 aliphatic rings. The first-order chi connectivity index (χ1) is 6.06. The normalized spacial score (nSPS) is 14.1. The van der Waals surface area contributed by atoms with E-state index < -0.39 is 0 Å². The molecule has 0 radical (unpaired) electrons. The van der Waals surface area contributed by atoms with Crippen molar-refractivity contribution in [2.75, 3.05) is 26.7 Å². The topological polar surface area (TPSA) is 29.3 Å². The molecule has 0 spiro atoms. The van der Waals surface area contributed by atoms with Gasteiger partial charge in [0.15, 0.2) is 0 Å². The zero-order valence-corrected chi connectivity index (χ0v) is 9.71. The van der Waals surface area contributed by atoms with E-state index in [0.717, 1.165) is 24.8 Å². The van der Waals surface area contributed by atoms with Gasteiger partial charge in [-0.15, -0.1) is 0 Å². The predicted octanol–water partition coefficient (Wildman–Crippen LogP) is 1.95. The second-order valence-corrected chi connectivity index (χ2v) is 4.65. The van der Waals surface area contributed by atoms with Crippen LogP contribution >= 0.6 is 0 Å². The molecule has 0 rings (SSSR count). The van der Waals surface area contributed by atoms with E-state index >= 15 is 0 Å². The number of nitrogens with two attached hydrogens (primary N) is 1. The van der Waals surface area contributed by atoms with Crippen molar-refractivity contribution in [1.29, 1.82) is 0 Å².